The Morgan fingerprint density at radius 1 is 0.375 bits per heavy atom. The Kier molecular flexibility index (Phi) is 16.3. The Morgan fingerprint density at radius 3 is 0.625 bits per heavy atom. The summed E-state index contributed by atoms with van der Waals surface area (Å²) in [5.41, 5.74) is 0. The van der Waals surface area contributed by atoms with Gasteiger partial charge in [0.2, 0.25) is 0 Å². The van der Waals surface area contributed by atoms with Gasteiger partial charge in [0.25, 0.3) is 0 Å². The van der Waals surface area contributed by atoms with E-state index < -0.39 is 0 Å². The molecule has 3 rings (SSSR count). The van der Waals surface area contributed by atoms with Crippen molar-refractivity contribution in [2.75, 3.05) is 34.5 Å². The molecule has 0 saturated carbocycles. The third-order valence-electron chi connectivity index (χ3n) is 2.48. The first-order chi connectivity index (χ1) is 7.50. The molecule has 3 aliphatic heterocycles. The van der Waals surface area contributed by atoms with E-state index in [1.54, 1.807) is 0 Å². The Hall–Kier alpha value is 1.70. The molecule has 99 valence electrons. The minimum Gasteiger partial charge on any atom is -0.162 e. The molecule has 3 aliphatic rings. The van der Waals surface area contributed by atoms with Crippen LogP contribution in [0.2, 0.25) is 0 Å². The first kappa shape index (κ1) is 17.7. The maximum atomic E-state index is 2.07. The topological polar surface area (TPSA) is 0 Å². The molecule has 3 fully saturated rings. The van der Waals surface area contributed by atoms with Crippen molar-refractivity contribution in [1.82, 2.24) is 0 Å². The van der Waals surface area contributed by atoms with E-state index in [2.05, 4.69) is 35.3 Å². The SMILES string of the molecule is C1CCSC1.C1CCSC1.C1CCSC1.[Ir]. The fraction of sp³-hybridized carbons (Fsp3) is 1.00. The van der Waals surface area contributed by atoms with Gasteiger partial charge >= 0.3 is 0 Å². The first-order valence-corrected chi connectivity index (χ1v) is 9.70. The fourth-order valence-electron chi connectivity index (χ4n) is 1.53. The molecule has 1 radical (unpaired) electrons. The van der Waals surface area contributed by atoms with Crippen molar-refractivity contribution in [3.8, 4) is 0 Å². The first-order valence-electron chi connectivity index (χ1n) is 6.23. The molecular formula is C12H24IrS3. The third kappa shape index (κ3) is 12.2. The van der Waals surface area contributed by atoms with Gasteiger partial charge in [-0.1, -0.05) is 0 Å². The van der Waals surface area contributed by atoms with E-state index >= 15 is 0 Å². The normalized spacial score (nSPS) is 22.5. The van der Waals surface area contributed by atoms with Crippen LogP contribution in [0.3, 0.4) is 0 Å². The molecule has 0 atom stereocenters. The van der Waals surface area contributed by atoms with Crippen molar-refractivity contribution >= 4 is 35.3 Å². The van der Waals surface area contributed by atoms with Crippen molar-refractivity contribution in [2.45, 2.75) is 38.5 Å². The molecule has 0 spiro atoms. The van der Waals surface area contributed by atoms with Crippen LogP contribution in [0.5, 0.6) is 0 Å². The molecule has 0 unspecified atom stereocenters. The maximum Gasteiger partial charge on any atom is 0 e. The summed E-state index contributed by atoms with van der Waals surface area (Å²) in [6.07, 6.45) is 8.78. The fourth-order valence-corrected chi connectivity index (χ4v) is 4.59. The summed E-state index contributed by atoms with van der Waals surface area (Å²) >= 11 is 6.22. The zero-order valence-electron chi connectivity index (χ0n) is 10.0. The Bertz CT molecular complexity index is 74.8. The molecule has 0 N–H and O–H groups in total. The predicted octanol–water partition coefficient (Wildman–Crippen LogP) is 4.54. The molecule has 16 heavy (non-hydrogen) atoms. The largest absolute Gasteiger partial charge is 0.162 e. The summed E-state index contributed by atoms with van der Waals surface area (Å²) in [6.45, 7) is 0. The summed E-state index contributed by atoms with van der Waals surface area (Å²) < 4.78 is 0. The average molecular weight is 457 g/mol. The molecule has 0 aromatic rings. The van der Waals surface area contributed by atoms with Crippen LogP contribution >= 0.6 is 35.3 Å². The second-order valence-electron chi connectivity index (χ2n) is 3.96. The molecule has 4 heteroatoms. The second kappa shape index (κ2) is 14.8. The minimum absolute atomic E-state index is 0. The van der Waals surface area contributed by atoms with Crippen LogP contribution in [0.15, 0.2) is 0 Å². The van der Waals surface area contributed by atoms with Gasteiger partial charge in [-0.25, -0.2) is 0 Å². The predicted molar refractivity (Wildman–Crippen MR) is 79.7 cm³/mol. The van der Waals surface area contributed by atoms with Crippen LogP contribution in [0.4, 0.5) is 0 Å². The van der Waals surface area contributed by atoms with Gasteiger partial charge in [0.05, 0.1) is 0 Å². The van der Waals surface area contributed by atoms with Crippen molar-refractivity contribution in [1.29, 1.82) is 0 Å². The van der Waals surface area contributed by atoms with Gasteiger partial charge in [-0.3, -0.25) is 0 Å². The molecular weight excluding hydrogens is 433 g/mol. The Morgan fingerprint density at radius 2 is 0.562 bits per heavy atom. The number of thioether (sulfide) groups is 3. The Balaban J connectivity index is 0.000000205. The van der Waals surface area contributed by atoms with Crippen LogP contribution in [-0.4, -0.2) is 34.5 Å². The van der Waals surface area contributed by atoms with Crippen molar-refractivity contribution < 1.29 is 20.1 Å². The smallest absolute Gasteiger partial charge is 0 e. The zero-order valence-corrected chi connectivity index (χ0v) is 14.9. The van der Waals surface area contributed by atoms with Gasteiger partial charge in [-0.15, -0.1) is 0 Å². The van der Waals surface area contributed by atoms with Gasteiger partial charge in [0, 0.05) is 20.1 Å². The second-order valence-corrected chi connectivity index (χ2v) is 7.63. The van der Waals surface area contributed by atoms with Gasteiger partial charge in [-0.05, 0) is 73.0 Å². The van der Waals surface area contributed by atoms with Crippen LogP contribution in [-0.2, 0) is 20.1 Å². The van der Waals surface area contributed by atoms with Crippen molar-refractivity contribution in [3.05, 3.63) is 0 Å². The van der Waals surface area contributed by atoms with Crippen LogP contribution in [0.25, 0.3) is 0 Å². The van der Waals surface area contributed by atoms with Crippen molar-refractivity contribution in [3.63, 3.8) is 0 Å². The van der Waals surface area contributed by atoms with Crippen LogP contribution in [0.1, 0.15) is 38.5 Å². The molecule has 3 saturated heterocycles. The number of hydrogen-bond acceptors (Lipinski definition) is 3. The summed E-state index contributed by atoms with van der Waals surface area (Å²) in [4.78, 5) is 0. The summed E-state index contributed by atoms with van der Waals surface area (Å²) in [7, 11) is 0. The van der Waals surface area contributed by atoms with E-state index in [1.165, 1.54) is 73.0 Å². The molecule has 3 heterocycles. The molecule has 0 aromatic carbocycles. The van der Waals surface area contributed by atoms with Gasteiger partial charge < -0.3 is 0 Å². The molecule has 0 bridgehead atoms. The monoisotopic (exact) mass is 457 g/mol. The van der Waals surface area contributed by atoms with E-state index in [0.717, 1.165) is 0 Å². The molecule has 0 aromatic heterocycles. The summed E-state index contributed by atoms with van der Waals surface area (Å²) in [6, 6.07) is 0. The van der Waals surface area contributed by atoms with E-state index in [1.807, 2.05) is 0 Å². The third-order valence-corrected chi connectivity index (χ3v) is 5.95. The summed E-state index contributed by atoms with van der Waals surface area (Å²) in [5, 5.41) is 0. The van der Waals surface area contributed by atoms with Crippen LogP contribution < -0.4 is 0 Å². The van der Waals surface area contributed by atoms with E-state index in [0.29, 0.717) is 0 Å². The summed E-state index contributed by atoms with van der Waals surface area (Å²) in [5.74, 6) is 8.50. The van der Waals surface area contributed by atoms with E-state index in [9.17, 15) is 0 Å². The van der Waals surface area contributed by atoms with Gasteiger partial charge in [0.15, 0.2) is 0 Å². The van der Waals surface area contributed by atoms with Gasteiger partial charge in [-0.2, -0.15) is 35.3 Å². The zero-order chi connectivity index (χ0) is 10.6. The molecule has 0 nitrogen and oxygen atoms in total. The average Bonchev–Trinajstić information content (AvgIpc) is 3.09. The number of hydrogen-bond donors (Lipinski definition) is 0. The van der Waals surface area contributed by atoms with E-state index in [4.69, 9.17) is 0 Å². The van der Waals surface area contributed by atoms with Crippen molar-refractivity contribution in [2.24, 2.45) is 0 Å². The van der Waals surface area contributed by atoms with Crippen LogP contribution in [0, 0.1) is 0 Å². The quantitative estimate of drug-likeness (QED) is 0.525. The minimum atomic E-state index is 0. The molecule has 0 aliphatic carbocycles. The Labute approximate surface area is 128 Å². The number of rotatable bonds is 0. The van der Waals surface area contributed by atoms with E-state index in [-0.39, 0.29) is 20.1 Å². The molecule has 0 amide bonds. The van der Waals surface area contributed by atoms with Gasteiger partial charge in [0.1, 0.15) is 0 Å². The maximum absolute atomic E-state index is 2.07. The standard InChI is InChI=1S/3C4H8S.Ir/c3*1-2-4-5-3-1;/h3*1-4H2;.